The van der Waals surface area contributed by atoms with Gasteiger partial charge in [-0.2, -0.15) is 0 Å². The molecule has 0 spiro atoms. The first-order chi connectivity index (χ1) is 32.6. The number of anilines is 3. The molecule has 0 N–H and O–H groups in total. The van der Waals surface area contributed by atoms with Crippen LogP contribution in [0, 0.1) is 13.8 Å². The highest BCUT2D eigenvalue weighted by Gasteiger charge is 2.28. The zero-order valence-electron chi connectivity index (χ0n) is 38.6. The Morgan fingerprint density at radius 2 is 1.16 bits per heavy atom. The molecule has 5 heterocycles. The Bertz CT molecular complexity index is 3630. The van der Waals surface area contributed by atoms with Crippen molar-refractivity contribution >= 4 is 60.8 Å². The molecule has 1 aliphatic heterocycles. The fraction of sp³-hybridized carbons (Fsp3) is 0.133. The van der Waals surface area contributed by atoms with Crippen LogP contribution in [-0.2, 0) is 5.41 Å². The highest BCUT2D eigenvalue weighted by atomic mass is 16.5. The van der Waals surface area contributed by atoms with E-state index in [1.807, 2.05) is 18.5 Å². The largest absolute Gasteiger partial charge is 0.457 e. The van der Waals surface area contributed by atoms with Crippen molar-refractivity contribution in [2.45, 2.75) is 40.0 Å². The summed E-state index contributed by atoms with van der Waals surface area (Å²) in [5.41, 5.74) is 15.9. The van der Waals surface area contributed by atoms with Crippen LogP contribution in [0.2, 0.25) is 0 Å². The average molecular weight is 871 g/mol. The van der Waals surface area contributed by atoms with Crippen LogP contribution in [0.4, 0.5) is 17.2 Å². The van der Waals surface area contributed by atoms with Crippen molar-refractivity contribution in [3.05, 3.63) is 199 Å². The zero-order valence-corrected chi connectivity index (χ0v) is 38.6. The van der Waals surface area contributed by atoms with Crippen LogP contribution in [0.15, 0.2) is 182 Å². The molecule has 12 rings (SSSR count). The third-order valence-corrected chi connectivity index (χ3v) is 13.4. The summed E-state index contributed by atoms with van der Waals surface area (Å²) in [7, 11) is 2.11. The second-order valence-electron chi connectivity index (χ2n) is 19.1. The quantitative estimate of drug-likeness (QED) is 0.160. The molecule has 0 atom stereocenters. The molecule has 7 aromatic carbocycles. The minimum atomic E-state index is -0.114. The number of aromatic nitrogens is 4. The zero-order chi connectivity index (χ0) is 45.6. The lowest BCUT2D eigenvalue weighted by atomic mass is 9.86. The number of benzene rings is 7. The number of pyridine rings is 2. The fourth-order valence-corrected chi connectivity index (χ4v) is 10.2. The van der Waals surface area contributed by atoms with Crippen molar-refractivity contribution in [3.8, 4) is 45.3 Å². The van der Waals surface area contributed by atoms with Gasteiger partial charge in [0, 0.05) is 76.0 Å². The van der Waals surface area contributed by atoms with Gasteiger partial charge in [-0.15, -0.1) is 0 Å². The normalized spacial score (nSPS) is 12.8. The molecule has 0 unspecified atom stereocenters. The molecule has 0 saturated heterocycles. The number of fused-ring (bicyclic) bond motifs is 7. The second kappa shape index (κ2) is 15.5. The molecule has 0 radical (unpaired) electrons. The van der Waals surface area contributed by atoms with Crippen LogP contribution in [0.25, 0.3) is 77.4 Å². The van der Waals surface area contributed by atoms with E-state index in [0.717, 1.165) is 62.0 Å². The minimum Gasteiger partial charge on any atom is -0.457 e. The van der Waals surface area contributed by atoms with Crippen LogP contribution in [0.5, 0.6) is 11.5 Å². The second-order valence-corrected chi connectivity index (χ2v) is 19.1. The molecule has 0 aliphatic carbocycles. The number of rotatable bonds is 7. The molecular formula is C60H50N6O. The summed E-state index contributed by atoms with van der Waals surface area (Å²) in [6, 6.07) is 61.1. The molecule has 326 valence electrons. The summed E-state index contributed by atoms with van der Waals surface area (Å²) in [6.07, 6.45) is 3.82. The van der Waals surface area contributed by atoms with Gasteiger partial charge in [0.1, 0.15) is 17.3 Å². The van der Waals surface area contributed by atoms with E-state index in [2.05, 4.69) is 224 Å². The minimum absolute atomic E-state index is 0.114. The molecule has 1 aliphatic rings. The maximum Gasteiger partial charge on any atom is 0.158 e. The molecule has 67 heavy (non-hydrogen) atoms. The Labute approximate surface area is 390 Å². The molecule has 0 fully saturated rings. The maximum absolute atomic E-state index is 6.93. The predicted molar refractivity (Wildman–Crippen MR) is 278 cm³/mol. The summed E-state index contributed by atoms with van der Waals surface area (Å²) >= 11 is 0. The van der Waals surface area contributed by atoms with Crippen molar-refractivity contribution in [3.63, 3.8) is 0 Å². The van der Waals surface area contributed by atoms with Crippen LogP contribution in [0.3, 0.4) is 0 Å². The fourth-order valence-electron chi connectivity index (χ4n) is 10.2. The first-order valence-corrected chi connectivity index (χ1v) is 23.0. The van der Waals surface area contributed by atoms with Crippen LogP contribution < -0.4 is 14.5 Å². The van der Waals surface area contributed by atoms with Gasteiger partial charge in [0.15, 0.2) is 5.82 Å². The van der Waals surface area contributed by atoms with Crippen molar-refractivity contribution < 1.29 is 4.74 Å². The number of aryl methyl sites for hydroxylation is 2. The third kappa shape index (κ3) is 6.80. The predicted octanol–water partition coefficient (Wildman–Crippen LogP) is 15.3. The van der Waals surface area contributed by atoms with Gasteiger partial charge < -0.3 is 19.1 Å². The molecule has 0 amide bonds. The van der Waals surface area contributed by atoms with E-state index in [1.165, 1.54) is 60.8 Å². The maximum atomic E-state index is 6.93. The standard InChI is InChI=1S/C60H50N6O/c1-38-28-49(40-16-9-7-10-17-40)57-51(30-38)52-31-39(2)29-50(41-18-11-8-12-19-41)58(52)65(57)43-25-27-61-56(35-43)66-53-21-14-13-20-47(53)48-24-23-45(36-55(48)66)67-46-33-42(60(3,4)5)32-44(34-46)64-37-63(6)54-22-15-26-62-59(54)64/h7-36H,37H2,1-6H3. The van der Waals surface area contributed by atoms with E-state index in [9.17, 15) is 0 Å². The van der Waals surface area contributed by atoms with E-state index in [1.54, 1.807) is 0 Å². The Balaban J connectivity index is 1.05. The first-order valence-electron chi connectivity index (χ1n) is 23.0. The van der Waals surface area contributed by atoms with Crippen molar-refractivity contribution in [2.75, 3.05) is 23.5 Å². The average Bonchev–Trinajstić information content (AvgIpc) is 3.98. The van der Waals surface area contributed by atoms with E-state index in [4.69, 9.17) is 14.7 Å². The number of para-hydroxylation sites is 1. The van der Waals surface area contributed by atoms with E-state index >= 15 is 0 Å². The van der Waals surface area contributed by atoms with Gasteiger partial charge in [-0.05, 0) is 120 Å². The third-order valence-electron chi connectivity index (χ3n) is 13.4. The smallest absolute Gasteiger partial charge is 0.158 e. The Hall–Kier alpha value is -8.16. The van der Waals surface area contributed by atoms with Crippen molar-refractivity contribution in [2.24, 2.45) is 0 Å². The molecule has 0 bridgehead atoms. The SMILES string of the molecule is Cc1cc(-c2ccccc2)c2c(c1)c1cc(C)cc(-c3ccccc3)c1n2-c1ccnc(-n2c3ccccc3c3ccc(Oc4cc(N5CN(C)c6cccnc65)cc(C(C)(C)C)c4)cc32)c1. The summed E-state index contributed by atoms with van der Waals surface area (Å²) in [5.74, 6) is 3.28. The molecule has 11 aromatic rings. The van der Waals surface area contributed by atoms with Gasteiger partial charge >= 0.3 is 0 Å². The first kappa shape index (κ1) is 40.4. The number of hydrogen-bond donors (Lipinski definition) is 0. The molecule has 7 heteroatoms. The van der Waals surface area contributed by atoms with Crippen LogP contribution in [0.1, 0.15) is 37.5 Å². The lowest BCUT2D eigenvalue weighted by Gasteiger charge is -2.25. The van der Waals surface area contributed by atoms with Crippen molar-refractivity contribution in [1.82, 2.24) is 19.1 Å². The van der Waals surface area contributed by atoms with E-state index in [0.29, 0.717) is 6.67 Å². The monoisotopic (exact) mass is 870 g/mol. The molecule has 0 saturated carbocycles. The van der Waals surface area contributed by atoms with Crippen LogP contribution >= 0.6 is 0 Å². The topological polar surface area (TPSA) is 51.4 Å². The highest BCUT2D eigenvalue weighted by molar-refractivity contribution is 6.18. The highest BCUT2D eigenvalue weighted by Crippen LogP contribution is 2.45. The van der Waals surface area contributed by atoms with Crippen molar-refractivity contribution in [1.29, 1.82) is 0 Å². The van der Waals surface area contributed by atoms with Gasteiger partial charge in [-0.3, -0.25) is 4.57 Å². The van der Waals surface area contributed by atoms with Gasteiger partial charge in [0.2, 0.25) is 0 Å². The molecule has 7 nitrogen and oxygen atoms in total. The number of hydrogen-bond acceptors (Lipinski definition) is 5. The summed E-state index contributed by atoms with van der Waals surface area (Å²) in [6.45, 7) is 11.8. The summed E-state index contributed by atoms with van der Waals surface area (Å²) < 4.78 is 11.7. The molecule has 4 aromatic heterocycles. The Morgan fingerprint density at radius 3 is 1.85 bits per heavy atom. The van der Waals surface area contributed by atoms with Gasteiger partial charge in [-0.1, -0.05) is 99.6 Å². The Kier molecular flexibility index (Phi) is 9.33. The molecular weight excluding hydrogens is 821 g/mol. The Morgan fingerprint density at radius 1 is 0.507 bits per heavy atom. The van der Waals surface area contributed by atoms with Gasteiger partial charge in [0.05, 0.1) is 40.1 Å². The number of ether oxygens (including phenoxy) is 1. The summed E-state index contributed by atoms with van der Waals surface area (Å²) in [5, 5.41) is 4.73. The van der Waals surface area contributed by atoms with Gasteiger partial charge in [0.25, 0.3) is 0 Å². The lowest BCUT2D eigenvalue weighted by Crippen LogP contribution is -2.24. The van der Waals surface area contributed by atoms with E-state index in [-0.39, 0.29) is 5.41 Å². The lowest BCUT2D eigenvalue weighted by molar-refractivity contribution is 0.479. The van der Waals surface area contributed by atoms with E-state index < -0.39 is 0 Å². The van der Waals surface area contributed by atoms with Gasteiger partial charge in [-0.25, -0.2) is 9.97 Å². The summed E-state index contributed by atoms with van der Waals surface area (Å²) in [4.78, 5) is 14.5. The number of nitrogens with zero attached hydrogens (tertiary/aromatic N) is 6. The van der Waals surface area contributed by atoms with Crippen LogP contribution in [-0.4, -0.2) is 32.8 Å².